The molecule has 0 bridgehead atoms. The lowest BCUT2D eigenvalue weighted by Crippen LogP contribution is -2.25. The van der Waals surface area contributed by atoms with Crippen molar-refractivity contribution in [1.29, 1.82) is 0 Å². The van der Waals surface area contributed by atoms with E-state index in [9.17, 15) is 9.90 Å². The molecule has 0 aliphatic rings. The number of rotatable bonds is 4. The van der Waals surface area contributed by atoms with Crippen LogP contribution in [0.5, 0.6) is 0 Å². The Balaban J connectivity index is 2.30. The molecular weight excluding hydrogens is 254 g/mol. The highest BCUT2D eigenvalue weighted by molar-refractivity contribution is 5.92. The van der Waals surface area contributed by atoms with Gasteiger partial charge in [-0.25, -0.2) is 9.78 Å². The minimum Gasteiger partial charge on any atom is -0.476 e. The number of hydrogen-bond acceptors (Lipinski definition) is 3. The molecule has 2 aromatic rings. The summed E-state index contributed by atoms with van der Waals surface area (Å²) in [4.78, 5) is 15.8. The van der Waals surface area contributed by atoms with Gasteiger partial charge in [-0.3, -0.25) is 4.40 Å². The number of pyridine rings is 1. The summed E-state index contributed by atoms with van der Waals surface area (Å²) >= 11 is 0. The van der Waals surface area contributed by atoms with Gasteiger partial charge in [-0.2, -0.15) is 0 Å². The van der Waals surface area contributed by atoms with E-state index in [1.54, 1.807) is 22.7 Å². The Morgan fingerprint density at radius 1 is 1.45 bits per heavy atom. The molecule has 5 nitrogen and oxygen atoms in total. The molecule has 2 heterocycles. The SMILES string of the molecule is CC(CNc1nc2ccccn2c1C(=O)O)C(C)(C)C. The molecule has 2 aromatic heterocycles. The van der Waals surface area contributed by atoms with Gasteiger partial charge in [-0.15, -0.1) is 0 Å². The van der Waals surface area contributed by atoms with E-state index < -0.39 is 5.97 Å². The number of nitrogens with one attached hydrogen (secondary N) is 1. The maximum Gasteiger partial charge on any atom is 0.356 e. The largest absolute Gasteiger partial charge is 0.476 e. The second-order valence-electron chi connectivity index (χ2n) is 6.19. The van der Waals surface area contributed by atoms with Gasteiger partial charge < -0.3 is 10.4 Å². The highest BCUT2D eigenvalue weighted by Gasteiger charge is 2.22. The van der Waals surface area contributed by atoms with E-state index in [0.29, 0.717) is 23.9 Å². The molecule has 0 spiro atoms. The third-order valence-electron chi connectivity index (χ3n) is 3.79. The van der Waals surface area contributed by atoms with Crippen molar-refractivity contribution < 1.29 is 9.90 Å². The summed E-state index contributed by atoms with van der Waals surface area (Å²) in [6.45, 7) is 9.33. The van der Waals surface area contributed by atoms with Crippen LogP contribution in [0.15, 0.2) is 24.4 Å². The average molecular weight is 275 g/mol. The molecule has 2 rings (SSSR count). The molecule has 0 saturated heterocycles. The average Bonchev–Trinajstić information content (AvgIpc) is 2.72. The van der Waals surface area contributed by atoms with Crippen molar-refractivity contribution in [3.8, 4) is 0 Å². The first kappa shape index (κ1) is 14.4. The van der Waals surface area contributed by atoms with Crippen molar-refractivity contribution in [3.05, 3.63) is 30.1 Å². The maximum absolute atomic E-state index is 11.4. The van der Waals surface area contributed by atoms with Gasteiger partial charge in [-0.05, 0) is 23.5 Å². The van der Waals surface area contributed by atoms with Crippen molar-refractivity contribution in [2.24, 2.45) is 11.3 Å². The number of hydrogen-bond donors (Lipinski definition) is 2. The summed E-state index contributed by atoms with van der Waals surface area (Å²) in [5.41, 5.74) is 0.979. The monoisotopic (exact) mass is 275 g/mol. The zero-order valence-corrected chi connectivity index (χ0v) is 12.3. The fourth-order valence-electron chi connectivity index (χ4n) is 1.88. The van der Waals surface area contributed by atoms with Crippen molar-refractivity contribution in [2.45, 2.75) is 27.7 Å². The summed E-state index contributed by atoms with van der Waals surface area (Å²) < 4.78 is 1.59. The smallest absolute Gasteiger partial charge is 0.356 e. The minimum atomic E-state index is -0.977. The van der Waals surface area contributed by atoms with Gasteiger partial charge in [0.1, 0.15) is 5.65 Å². The predicted molar refractivity (Wildman–Crippen MR) is 79.3 cm³/mol. The molecular formula is C15H21N3O2. The van der Waals surface area contributed by atoms with E-state index >= 15 is 0 Å². The van der Waals surface area contributed by atoms with Gasteiger partial charge in [0.15, 0.2) is 11.5 Å². The molecule has 1 atom stereocenters. The molecule has 0 aliphatic carbocycles. The molecule has 5 heteroatoms. The molecule has 0 saturated carbocycles. The zero-order chi connectivity index (χ0) is 14.9. The van der Waals surface area contributed by atoms with Crippen LogP contribution in [0, 0.1) is 11.3 Å². The van der Waals surface area contributed by atoms with Gasteiger partial charge in [0.2, 0.25) is 0 Å². The fourth-order valence-corrected chi connectivity index (χ4v) is 1.88. The van der Waals surface area contributed by atoms with E-state index in [0.717, 1.165) is 0 Å². The maximum atomic E-state index is 11.4. The Kier molecular flexibility index (Phi) is 3.70. The van der Waals surface area contributed by atoms with Crippen molar-refractivity contribution in [2.75, 3.05) is 11.9 Å². The molecule has 1 unspecified atom stereocenters. The minimum absolute atomic E-state index is 0.162. The van der Waals surface area contributed by atoms with Crippen LogP contribution in [0.4, 0.5) is 5.82 Å². The number of anilines is 1. The lowest BCUT2D eigenvalue weighted by molar-refractivity contribution is 0.0690. The summed E-state index contributed by atoms with van der Waals surface area (Å²) in [6, 6.07) is 5.43. The van der Waals surface area contributed by atoms with Crippen molar-refractivity contribution in [1.82, 2.24) is 9.38 Å². The second-order valence-corrected chi connectivity index (χ2v) is 6.19. The van der Waals surface area contributed by atoms with Gasteiger partial charge in [0.05, 0.1) is 0 Å². The van der Waals surface area contributed by atoms with Crippen LogP contribution in [0.25, 0.3) is 5.65 Å². The molecule has 108 valence electrons. The number of carboxylic acids is 1. The van der Waals surface area contributed by atoms with E-state index in [4.69, 9.17) is 0 Å². The number of nitrogens with zero attached hydrogens (tertiary/aromatic N) is 2. The Morgan fingerprint density at radius 2 is 2.15 bits per heavy atom. The number of fused-ring (bicyclic) bond motifs is 1. The van der Waals surface area contributed by atoms with E-state index in [1.165, 1.54) is 0 Å². The normalized spacial score (nSPS) is 13.4. The van der Waals surface area contributed by atoms with Crippen LogP contribution in [-0.4, -0.2) is 27.0 Å². The third kappa shape index (κ3) is 2.76. The first-order chi connectivity index (χ1) is 9.30. The summed E-state index contributed by atoms with van der Waals surface area (Å²) in [5.74, 6) is -0.150. The molecule has 0 amide bonds. The van der Waals surface area contributed by atoms with Crippen molar-refractivity contribution in [3.63, 3.8) is 0 Å². The Labute approximate surface area is 118 Å². The van der Waals surface area contributed by atoms with Crippen LogP contribution < -0.4 is 5.32 Å². The lowest BCUT2D eigenvalue weighted by Gasteiger charge is -2.27. The highest BCUT2D eigenvalue weighted by atomic mass is 16.4. The molecule has 0 aliphatic heterocycles. The zero-order valence-electron chi connectivity index (χ0n) is 12.3. The number of carbonyl (C=O) groups is 1. The predicted octanol–water partition coefficient (Wildman–Crippen LogP) is 3.13. The number of carboxylic acid groups (broad SMARTS) is 1. The van der Waals surface area contributed by atoms with E-state index in [1.807, 2.05) is 6.07 Å². The van der Waals surface area contributed by atoms with Gasteiger partial charge in [-0.1, -0.05) is 33.8 Å². The summed E-state index contributed by atoms with van der Waals surface area (Å²) in [6.07, 6.45) is 1.71. The van der Waals surface area contributed by atoms with Gasteiger partial charge >= 0.3 is 5.97 Å². The van der Waals surface area contributed by atoms with Crippen LogP contribution in [0.2, 0.25) is 0 Å². The second kappa shape index (κ2) is 5.15. The summed E-state index contributed by atoms with van der Waals surface area (Å²) in [7, 11) is 0. The van der Waals surface area contributed by atoms with Crippen LogP contribution in [0.3, 0.4) is 0 Å². The Hall–Kier alpha value is -2.04. The molecule has 0 aromatic carbocycles. The Bertz CT molecular complexity index is 626. The van der Waals surface area contributed by atoms with Crippen molar-refractivity contribution >= 4 is 17.4 Å². The first-order valence-electron chi connectivity index (χ1n) is 6.75. The first-order valence-corrected chi connectivity index (χ1v) is 6.75. The number of aromatic carboxylic acids is 1. The quantitative estimate of drug-likeness (QED) is 0.899. The summed E-state index contributed by atoms with van der Waals surface area (Å²) in [5, 5.41) is 12.6. The van der Waals surface area contributed by atoms with Crippen LogP contribution in [-0.2, 0) is 0 Å². The van der Waals surface area contributed by atoms with E-state index in [2.05, 4.69) is 38.0 Å². The highest BCUT2D eigenvalue weighted by Crippen LogP contribution is 2.26. The van der Waals surface area contributed by atoms with Crippen LogP contribution in [0.1, 0.15) is 38.2 Å². The topological polar surface area (TPSA) is 66.6 Å². The lowest BCUT2D eigenvalue weighted by atomic mass is 9.82. The molecule has 2 N–H and O–H groups in total. The molecule has 0 fully saturated rings. The fraction of sp³-hybridized carbons (Fsp3) is 0.467. The Morgan fingerprint density at radius 3 is 2.75 bits per heavy atom. The van der Waals surface area contributed by atoms with Gasteiger partial charge in [0, 0.05) is 12.7 Å². The van der Waals surface area contributed by atoms with Crippen LogP contribution >= 0.6 is 0 Å². The standard InChI is InChI=1S/C15H21N3O2/c1-10(15(2,3)4)9-16-13-12(14(19)20)18-8-6-5-7-11(18)17-13/h5-8,10,16H,9H2,1-4H3,(H,19,20). The molecule has 0 radical (unpaired) electrons. The molecule has 20 heavy (non-hydrogen) atoms. The third-order valence-corrected chi connectivity index (χ3v) is 3.79. The van der Waals surface area contributed by atoms with Gasteiger partial charge in [0.25, 0.3) is 0 Å². The number of imidazole rings is 1. The number of aromatic nitrogens is 2. The van der Waals surface area contributed by atoms with E-state index in [-0.39, 0.29) is 11.1 Å².